The minimum absolute atomic E-state index is 0.242. The van der Waals surface area contributed by atoms with E-state index < -0.39 is 5.97 Å². The Labute approximate surface area is 146 Å². The zero-order chi connectivity index (χ0) is 17.9. The van der Waals surface area contributed by atoms with E-state index in [1.807, 2.05) is 36.5 Å². The quantitative estimate of drug-likeness (QED) is 0.0956. The summed E-state index contributed by atoms with van der Waals surface area (Å²) in [5.74, 6) is -0.174. The Hall–Kier alpha value is -1.81. The van der Waals surface area contributed by atoms with Crippen molar-refractivity contribution in [3.8, 4) is 0 Å². The molecule has 0 aromatic carbocycles. The molecular formula is C20H32O4. The van der Waals surface area contributed by atoms with Crippen LogP contribution in [-0.4, -0.2) is 16.3 Å². The van der Waals surface area contributed by atoms with E-state index in [2.05, 4.69) is 17.9 Å². The van der Waals surface area contributed by atoms with Crippen LogP contribution in [0.25, 0.3) is 0 Å². The van der Waals surface area contributed by atoms with Crippen molar-refractivity contribution in [1.82, 2.24) is 0 Å². The van der Waals surface area contributed by atoms with Crippen molar-refractivity contribution in [3.63, 3.8) is 0 Å². The molecular weight excluding hydrogens is 304 g/mol. The second-order valence-corrected chi connectivity index (χ2v) is 5.66. The highest BCUT2D eigenvalue weighted by atomic mass is 17.1. The van der Waals surface area contributed by atoms with Gasteiger partial charge in [-0.25, -0.2) is 5.26 Å². The van der Waals surface area contributed by atoms with E-state index in [9.17, 15) is 4.79 Å². The van der Waals surface area contributed by atoms with E-state index in [1.54, 1.807) is 0 Å². The molecule has 0 rings (SSSR count). The third-order valence-electron chi connectivity index (χ3n) is 3.45. The van der Waals surface area contributed by atoms with Gasteiger partial charge >= 0.3 is 5.97 Å². The van der Waals surface area contributed by atoms with E-state index in [0.29, 0.717) is 18.6 Å². The van der Waals surface area contributed by atoms with Crippen LogP contribution in [0.1, 0.15) is 71.1 Å². The Morgan fingerprint density at radius 2 is 1.67 bits per heavy atom. The maximum Gasteiger partial charge on any atom is 0.303 e. The lowest BCUT2D eigenvalue weighted by molar-refractivity contribution is -0.204. The summed E-state index contributed by atoms with van der Waals surface area (Å²) in [4.78, 5) is 14.7. The van der Waals surface area contributed by atoms with Crippen molar-refractivity contribution in [3.05, 3.63) is 48.3 Å². The number of aliphatic carboxylic acids is 1. The Balaban J connectivity index is 3.81. The molecule has 4 heteroatoms. The van der Waals surface area contributed by atoms with Gasteiger partial charge in [-0.2, -0.15) is 0 Å². The fraction of sp³-hybridized carbons (Fsp3) is 0.550. The average Bonchev–Trinajstić information content (AvgIpc) is 2.57. The van der Waals surface area contributed by atoms with Crippen LogP contribution in [0.5, 0.6) is 0 Å². The lowest BCUT2D eigenvalue weighted by Crippen LogP contribution is -1.92. The van der Waals surface area contributed by atoms with Gasteiger partial charge in [0.05, 0.1) is 0 Å². The first-order valence-corrected chi connectivity index (χ1v) is 8.89. The Bertz CT molecular complexity index is 419. The summed E-state index contributed by atoms with van der Waals surface area (Å²) in [6.07, 6.45) is 22.7. The van der Waals surface area contributed by atoms with Crippen LogP contribution in [0, 0.1) is 0 Å². The molecule has 0 amide bonds. The highest BCUT2D eigenvalue weighted by Crippen LogP contribution is 2.07. The number of carbonyl (C=O) groups is 1. The Morgan fingerprint density at radius 1 is 0.958 bits per heavy atom. The van der Waals surface area contributed by atoms with E-state index in [0.717, 1.165) is 25.7 Å². The number of hydrogen-bond acceptors (Lipinski definition) is 3. The molecule has 0 saturated carbocycles. The normalized spacial score (nSPS) is 12.7. The van der Waals surface area contributed by atoms with Crippen LogP contribution in [0.3, 0.4) is 0 Å². The van der Waals surface area contributed by atoms with Crippen molar-refractivity contribution in [2.24, 2.45) is 0 Å². The topological polar surface area (TPSA) is 66.8 Å². The summed E-state index contributed by atoms with van der Waals surface area (Å²) in [5, 5.41) is 17.4. The minimum atomic E-state index is -0.733. The summed E-state index contributed by atoms with van der Waals surface area (Å²) < 4.78 is 0. The van der Waals surface area contributed by atoms with Gasteiger partial charge in [0.1, 0.15) is 5.76 Å². The highest BCUT2D eigenvalue weighted by Gasteiger charge is 1.94. The molecule has 0 aromatic rings. The second-order valence-electron chi connectivity index (χ2n) is 5.66. The predicted molar refractivity (Wildman–Crippen MR) is 98.7 cm³/mol. The minimum Gasteiger partial charge on any atom is -0.481 e. The summed E-state index contributed by atoms with van der Waals surface area (Å²) in [6.45, 7) is 2.19. The van der Waals surface area contributed by atoms with Crippen molar-refractivity contribution < 1.29 is 20.0 Å². The third-order valence-corrected chi connectivity index (χ3v) is 3.45. The van der Waals surface area contributed by atoms with Gasteiger partial charge in [-0.15, -0.1) is 0 Å². The van der Waals surface area contributed by atoms with Crippen LogP contribution in [0.4, 0.5) is 0 Å². The average molecular weight is 336 g/mol. The van der Waals surface area contributed by atoms with Crippen LogP contribution >= 0.6 is 0 Å². The fourth-order valence-electron chi connectivity index (χ4n) is 2.06. The molecule has 0 radical (unpaired) electrons. The van der Waals surface area contributed by atoms with Crippen LogP contribution in [0.2, 0.25) is 0 Å². The number of hydrogen-bond donors (Lipinski definition) is 2. The van der Waals surface area contributed by atoms with Gasteiger partial charge < -0.3 is 9.99 Å². The third kappa shape index (κ3) is 16.6. The summed E-state index contributed by atoms with van der Waals surface area (Å²) in [7, 11) is 0. The molecule has 0 atom stereocenters. The molecule has 0 saturated heterocycles. The molecule has 0 aliphatic rings. The van der Waals surface area contributed by atoms with Crippen LogP contribution < -0.4 is 0 Å². The molecule has 136 valence electrons. The van der Waals surface area contributed by atoms with Gasteiger partial charge in [-0.05, 0) is 44.6 Å². The first-order valence-electron chi connectivity index (χ1n) is 8.89. The Kier molecular flexibility index (Phi) is 16.2. The maximum absolute atomic E-state index is 10.3. The first-order chi connectivity index (χ1) is 11.7. The summed E-state index contributed by atoms with van der Waals surface area (Å²) in [5.41, 5.74) is 0. The van der Waals surface area contributed by atoms with Crippen molar-refractivity contribution in [1.29, 1.82) is 0 Å². The molecule has 24 heavy (non-hydrogen) atoms. The number of rotatable bonds is 15. The molecule has 4 nitrogen and oxygen atoms in total. The standard InChI is InChI=1S/C20H32O4/c1-2-3-4-5-10-13-16-19(24-23)17-14-11-8-6-7-9-12-15-18-20(21)22/h6-8,10-11,13,17,23H,2-5,9,12,14-16,18H2,1H3,(H,21,22)/b7-6+,11-8-,13-10-,19-17-. The lowest BCUT2D eigenvalue weighted by atomic mass is 10.2. The molecule has 0 heterocycles. The predicted octanol–water partition coefficient (Wildman–Crippen LogP) is 6.03. The van der Waals surface area contributed by atoms with E-state index >= 15 is 0 Å². The maximum atomic E-state index is 10.3. The number of carboxylic acids is 1. The van der Waals surface area contributed by atoms with Crippen molar-refractivity contribution in [2.45, 2.75) is 71.1 Å². The first kappa shape index (κ1) is 22.2. The fourth-order valence-corrected chi connectivity index (χ4v) is 2.06. The molecule has 0 spiro atoms. The monoisotopic (exact) mass is 336 g/mol. The van der Waals surface area contributed by atoms with Gasteiger partial charge in [0.2, 0.25) is 0 Å². The Morgan fingerprint density at radius 3 is 2.38 bits per heavy atom. The number of carboxylic acid groups (broad SMARTS) is 1. The molecule has 0 bridgehead atoms. The second kappa shape index (κ2) is 17.5. The molecule has 0 unspecified atom stereocenters. The van der Waals surface area contributed by atoms with Crippen LogP contribution in [0.15, 0.2) is 48.3 Å². The molecule has 2 N–H and O–H groups in total. The van der Waals surface area contributed by atoms with Gasteiger partial charge in [0.15, 0.2) is 0 Å². The van der Waals surface area contributed by atoms with Gasteiger partial charge in [-0.3, -0.25) is 4.79 Å². The number of unbranched alkanes of at least 4 members (excludes halogenated alkanes) is 5. The van der Waals surface area contributed by atoms with Crippen molar-refractivity contribution >= 4 is 5.97 Å². The lowest BCUT2D eigenvalue weighted by Gasteiger charge is -1.98. The van der Waals surface area contributed by atoms with Crippen LogP contribution in [-0.2, 0) is 9.68 Å². The molecule has 0 aliphatic carbocycles. The zero-order valence-electron chi connectivity index (χ0n) is 14.8. The van der Waals surface area contributed by atoms with E-state index in [4.69, 9.17) is 10.4 Å². The largest absolute Gasteiger partial charge is 0.481 e. The van der Waals surface area contributed by atoms with E-state index in [-0.39, 0.29) is 6.42 Å². The van der Waals surface area contributed by atoms with Gasteiger partial charge in [0.25, 0.3) is 0 Å². The SMILES string of the molecule is CCCCC/C=C\C/C(=C/C/C=C\C=C\CCCCC(=O)O)OO. The smallest absolute Gasteiger partial charge is 0.303 e. The summed E-state index contributed by atoms with van der Waals surface area (Å²) >= 11 is 0. The zero-order valence-corrected chi connectivity index (χ0v) is 14.8. The molecule has 0 aliphatic heterocycles. The molecule has 0 aromatic heterocycles. The van der Waals surface area contributed by atoms with Crippen molar-refractivity contribution in [2.75, 3.05) is 0 Å². The highest BCUT2D eigenvalue weighted by molar-refractivity contribution is 5.66. The number of allylic oxidation sites excluding steroid dienone is 7. The van der Waals surface area contributed by atoms with Gasteiger partial charge in [0, 0.05) is 12.8 Å². The molecule has 0 fully saturated rings. The van der Waals surface area contributed by atoms with Gasteiger partial charge in [-0.1, -0.05) is 56.2 Å². The summed E-state index contributed by atoms with van der Waals surface area (Å²) in [6, 6.07) is 0. The van der Waals surface area contributed by atoms with E-state index in [1.165, 1.54) is 19.3 Å².